The van der Waals surface area contributed by atoms with Crippen molar-refractivity contribution in [2.75, 3.05) is 12.3 Å². The van der Waals surface area contributed by atoms with Gasteiger partial charge in [-0.3, -0.25) is 0 Å². The number of hydrogen-bond acceptors (Lipinski definition) is 4. The SMILES string of the molecule is Nc1ccc(S(=O)(=O)NCCc2ccco2)cc1Cl. The van der Waals surface area contributed by atoms with E-state index in [2.05, 4.69) is 4.72 Å². The van der Waals surface area contributed by atoms with Crippen molar-refractivity contribution in [2.24, 2.45) is 0 Å². The third-order valence-electron chi connectivity index (χ3n) is 2.53. The second-order valence-corrected chi connectivity index (χ2v) is 6.08. The third kappa shape index (κ3) is 3.50. The van der Waals surface area contributed by atoms with Crippen molar-refractivity contribution < 1.29 is 12.8 Å². The van der Waals surface area contributed by atoms with Gasteiger partial charge in [-0.1, -0.05) is 11.6 Å². The number of rotatable bonds is 5. The molecule has 0 spiro atoms. The topological polar surface area (TPSA) is 85.3 Å². The van der Waals surface area contributed by atoms with Crippen LogP contribution in [0.4, 0.5) is 5.69 Å². The predicted octanol–water partition coefficient (Wildman–Crippen LogP) is 2.04. The van der Waals surface area contributed by atoms with Crippen LogP contribution in [0.5, 0.6) is 0 Å². The number of nitrogens with two attached hydrogens (primary N) is 1. The van der Waals surface area contributed by atoms with Gasteiger partial charge in [0.15, 0.2) is 0 Å². The molecule has 1 heterocycles. The van der Waals surface area contributed by atoms with Crippen LogP contribution in [0.15, 0.2) is 45.9 Å². The molecule has 0 amide bonds. The van der Waals surface area contributed by atoms with Gasteiger partial charge in [-0.15, -0.1) is 0 Å². The molecule has 3 N–H and O–H groups in total. The minimum atomic E-state index is -3.58. The average molecular weight is 301 g/mol. The normalized spacial score (nSPS) is 11.6. The van der Waals surface area contributed by atoms with Gasteiger partial charge < -0.3 is 10.2 Å². The minimum absolute atomic E-state index is 0.0890. The lowest BCUT2D eigenvalue weighted by molar-refractivity contribution is 0.506. The van der Waals surface area contributed by atoms with Gasteiger partial charge in [0.05, 0.1) is 21.9 Å². The number of sulfonamides is 1. The van der Waals surface area contributed by atoms with Crippen molar-refractivity contribution in [3.05, 3.63) is 47.4 Å². The number of nitrogens with one attached hydrogen (secondary N) is 1. The maximum Gasteiger partial charge on any atom is 0.240 e. The summed E-state index contributed by atoms with van der Waals surface area (Å²) >= 11 is 5.80. The first-order chi connectivity index (χ1) is 8.99. The summed E-state index contributed by atoms with van der Waals surface area (Å²) in [4.78, 5) is 0.0890. The van der Waals surface area contributed by atoms with E-state index in [1.165, 1.54) is 18.2 Å². The summed E-state index contributed by atoms with van der Waals surface area (Å²) in [6.45, 7) is 0.248. The molecule has 0 aliphatic carbocycles. The molecule has 0 aliphatic heterocycles. The second-order valence-electron chi connectivity index (χ2n) is 3.91. The highest BCUT2D eigenvalue weighted by Gasteiger charge is 2.14. The summed E-state index contributed by atoms with van der Waals surface area (Å²) in [6, 6.07) is 7.74. The van der Waals surface area contributed by atoms with Gasteiger partial charge in [0.2, 0.25) is 10.0 Å². The summed E-state index contributed by atoms with van der Waals surface area (Å²) in [6.07, 6.45) is 2.03. The highest BCUT2D eigenvalue weighted by molar-refractivity contribution is 7.89. The molecular formula is C12H13ClN2O3S. The standard InChI is InChI=1S/C12H13ClN2O3S/c13-11-8-10(3-4-12(11)14)19(16,17)15-6-5-9-2-1-7-18-9/h1-4,7-8,15H,5-6,14H2. The van der Waals surface area contributed by atoms with E-state index in [9.17, 15) is 8.42 Å². The molecule has 102 valence electrons. The molecule has 1 aromatic heterocycles. The number of halogens is 1. The van der Waals surface area contributed by atoms with Crippen LogP contribution < -0.4 is 10.5 Å². The Morgan fingerprint density at radius 1 is 1.32 bits per heavy atom. The molecule has 0 radical (unpaired) electrons. The Bertz CT molecular complexity index is 654. The Labute approximate surface area is 116 Å². The van der Waals surface area contributed by atoms with Crippen LogP contribution in [0, 0.1) is 0 Å². The van der Waals surface area contributed by atoms with Gasteiger partial charge in [-0.25, -0.2) is 13.1 Å². The molecule has 5 nitrogen and oxygen atoms in total. The van der Waals surface area contributed by atoms with E-state index in [1.54, 1.807) is 18.4 Å². The van der Waals surface area contributed by atoms with E-state index in [-0.39, 0.29) is 16.5 Å². The van der Waals surface area contributed by atoms with Crippen molar-refractivity contribution in [3.63, 3.8) is 0 Å². The van der Waals surface area contributed by atoms with E-state index in [0.29, 0.717) is 12.1 Å². The van der Waals surface area contributed by atoms with Crippen molar-refractivity contribution in [1.82, 2.24) is 4.72 Å². The minimum Gasteiger partial charge on any atom is -0.469 e. The van der Waals surface area contributed by atoms with Gasteiger partial charge >= 0.3 is 0 Å². The predicted molar refractivity (Wildman–Crippen MR) is 73.5 cm³/mol. The fourth-order valence-electron chi connectivity index (χ4n) is 1.52. The van der Waals surface area contributed by atoms with Crippen LogP contribution in [0.1, 0.15) is 5.76 Å². The van der Waals surface area contributed by atoms with E-state index in [1.807, 2.05) is 0 Å². The molecule has 2 aromatic rings. The van der Waals surface area contributed by atoms with Crippen LogP contribution in [0.25, 0.3) is 0 Å². The number of benzene rings is 1. The summed E-state index contributed by atoms with van der Waals surface area (Å²) < 4.78 is 31.6. The van der Waals surface area contributed by atoms with Crippen LogP contribution in [0.2, 0.25) is 5.02 Å². The average Bonchev–Trinajstić information content (AvgIpc) is 2.85. The zero-order valence-electron chi connectivity index (χ0n) is 9.97. The number of furan rings is 1. The van der Waals surface area contributed by atoms with E-state index >= 15 is 0 Å². The van der Waals surface area contributed by atoms with E-state index < -0.39 is 10.0 Å². The first kappa shape index (κ1) is 13.9. The lowest BCUT2D eigenvalue weighted by Crippen LogP contribution is -2.25. The molecule has 0 atom stereocenters. The lowest BCUT2D eigenvalue weighted by Gasteiger charge is -2.07. The van der Waals surface area contributed by atoms with Gasteiger partial charge in [0, 0.05) is 13.0 Å². The number of nitrogen functional groups attached to an aromatic ring is 1. The monoisotopic (exact) mass is 300 g/mol. The summed E-state index contributed by atoms with van der Waals surface area (Å²) in [5.41, 5.74) is 5.88. The third-order valence-corrected chi connectivity index (χ3v) is 4.31. The zero-order chi connectivity index (χ0) is 13.9. The molecule has 0 fully saturated rings. The molecule has 0 unspecified atom stereocenters. The van der Waals surface area contributed by atoms with E-state index in [4.69, 9.17) is 21.8 Å². The Kier molecular flexibility index (Phi) is 4.14. The quantitative estimate of drug-likeness (QED) is 0.827. The fraction of sp³-hybridized carbons (Fsp3) is 0.167. The molecule has 0 saturated heterocycles. The van der Waals surface area contributed by atoms with Crippen molar-refractivity contribution in [3.8, 4) is 0 Å². The summed E-state index contributed by atoms with van der Waals surface area (Å²) in [7, 11) is -3.58. The highest BCUT2D eigenvalue weighted by Crippen LogP contribution is 2.22. The van der Waals surface area contributed by atoms with Gasteiger partial charge in [-0.2, -0.15) is 0 Å². The Morgan fingerprint density at radius 2 is 2.11 bits per heavy atom. The lowest BCUT2D eigenvalue weighted by atomic mass is 10.3. The fourth-order valence-corrected chi connectivity index (χ4v) is 2.82. The van der Waals surface area contributed by atoms with Gasteiger partial charge in [0.1, 0.15) is 5.76 Å². The maximum absolute atomic E-state index is 12.0. The van der Waals surface area contributed by atoms with Crippen LogP contribution >= 0.6 is 11.6 Å². The molecule has 0 saturated carbocycles. The van der Waals surface area contributed by atoms with Crippen molar-refractivity contribution in [2.45, 2.75) is 11.3 Å². The van der Waals surface area contributed by atoms with E-state index in [0.717, 1.165) is 5.76 Å². The second kappa shape index (κ2) is 5.64. The molecule has 2 rings (SSSR count). The Hall–Kier alpha value is -1.50. The molecule has 7 heteroatoms. The van der Waals surface area contributed by atoms with Crippen LogP contribution in [-0.4, -0.2) is 15.0 Å². The highest BCUT2D eigenvalue weighted by atomic mass is 35.5. The van der Waals surface area contributed by atoms with Crippen LogP contribution in [-0.2, 0) is 16.4 Å². The van der Waals surface area contributed by atoms with Crippen molar-refractivity contribution >= 4 is 27.3 Å². The molecule has 0 bridgehead atoms. The maximum atomic E-state index is 12.0. The molecule has 19 heavy (non-hydrogen) atoms. The Balaban J connectivity index is 2.03. The Morgan fingerprint density at radius 3 is 2.74 bits per heavy atom. The first-order valence-corrected chi connectivity index (χ1v) is 7.42. The molecular weight excluding hydrogens is 288 g/mol. The molecule has 1 aromatic carbocycles. The zero-order valence-corrected chi connectivity index (χ0v) is 11.5. The summed E-state index contributed by atoms with van der Waals surface area (Å²) in [5.74, 6) is 0.720. The number of hydrogen-bond donors (Lipinski definition) is 2. The van der Waals surface area contributed by atoms with Crippen molar-refractivity contribution in [1.29, 1.82) is 0 Å². The molecule has 0 aliphatic rings. The smallest absolute Gasteiger partial charge is 0.240 e. The number of anilines is 1. The van der Waals surface area contributed by atoms with Gasteiger partial charge in [0.25, 0.3) is 0 Å². The summed E-state index contributed by atoms with van der Waals surface area (Å²) in [5, 5.41) is 0.217. The first-order valence-electron chi connectivity index (χ1n) is 5.56. The van der Waals surface area contributed by atoms with Crippen LogP contribution in [0.3, 0.4) is 0 Å². The largest absolute Gasteiger partial charge is 0.469 e. The van der Waals surface area contributed by atoms with Gasteiger partial charge in [-0.05, 0) is 30.3 Å².